The molecule has 2 aromatic rings. The van der Waals surface area contributed by atoms with Gasteiger partial charge in [-0.3, -0.25) is 4.99 Å². The fourth-order valence-electron chi connectivity index (χ4n) is 4.46. The van der Waals surface area contributed by atoms with Crippen LogP contribution in [-0.2, 0) is 0 Å². The van der Waals surface area contributed by atoms with Gasteiger partial charge in [0.1, 0.15) is 5.75 Å². The van der Waals surface area contributed by atoms with Gasteiger partial charge in [-0.15, -0.1) is 10.2 Å². The summed E-state index contributed by atoms with van der Waals surface area (Å²) in [6.45, 7) is 8.96. The number of phenols is 1. The molecule has 1 fully saturated rings. The molecule has 0 aliphatic carbocycles. The number of rotatable bonds is 4. The van der Waals surface area contributed by atoms with Gasteiger partial charge in [-0.1, -0.05) is 0 Å². The van der Waals surface area contributed by atoms with Crippen LogP contribution in [0.15, 0.2) is 29.3 Å². The Kier molecular flexibility index (Phi) is 5.54. The number of benzene rings is 1. The zero-order chi connectivity index (χ0) is 21.4. The summed E-state index contributed by atoms with van der Waals surface area (Å²) < 4.78 is 0. The molecule has 1 aliphatic heterocycles. The van der Waals surface area contributed by atoms with Crippen LogP contribution in [-0.4, -0.2) is 52.7 Å². The quantitative estimate of drug-likeness (QED) is 0.542. The smallest absolute Gasteiger partial charge is 0.151 e. The predicted octanol–water partition coefficient (Wildman–Crippen LogP) is 3.23. The highest BCUT2D eigenvalue weighted by Crippen LogP contribution is 2.34. The van der Waals surface area contributed by atoms with E-state index in [1.165, 1.54) is 6.07 Å². The van der Waals surface area contributed by atoms with E-state index in [-0.39, 0.29) is 16.8 Å². The second-order valence-corrected chi connectivity index (χ2v) is 9.23. The Morgan fingerprint density at radius 1 is 1.17 bits per heavy atom. The summed E-state index contributed by atoms with van der Waals surface area (Å²) in [5.41, 5.74) is 8.44. The number of nitrogens with two attached hydrogens (primary N) is 1. The molecule has 3 rings (SSSR count). The number of aliphatic imine (C=N–C) groups is 1. The van der Waals surface area contributed by atoms with Crippen LogP contribution in [0.3, 0.4) is 0 Å². The molecule has 1 saturated heterocycles. The topological polar surface area (TPSA) is 99.7 Å². The molecule has 0 spiro atoms. The predicted molar refractivity (Wildman–Crippen MR) is 120 cm³/mol. The Balaban J connectivity index is 1.86. The maximum atomic E-state index is 10.3. The molecular formula is C22H32N6O. The molecular weight excluding hydrogens is 364 g/mol. The highest BCUT2D eigenvalue weighted by molar-refractivity contribution is 5.90. The molecule has 2 heterocycles. The number of anilines is 2. The van der Waals surface area contributed by atoms with E-state index < -0.39 is 0 Å². The number of nitrogen functional groups attached to an aromatic ring is 1. The van der Waals surface area contributed by atoms with Gasteiger partial charge >= 0.3 is 0 Å². The van der Waals surface area contributed by atoms with E-state index in [1.54, 1.807) is 19.3 Å². The Morgan fingerprint density at radius 3 is 2.38 bits per heavy atom. The standard InChI is InChI=1S/C22H32N6O/c1-21(2)11-15(12-22(3,4)27-21)28(6)20-8-7-18(25-26-20)16-9-14(13-24-5)17(23)10-19(16)29/h7-10,13,15,27,29H,11-12,23H2,1-6H3. The van der Waals surface area contributed by atoms with E-state index in [0.717, 1.165) is 24.2 Å². The molecule has 156 valence electrons. The molecule has 7 heteroatoms. The summed E-state index contributed by atoms with van der Waals surface area (Å²) in [4.78, 5) is 6.22. The lowest BCUT2D eigenvalue weighted by molar-refractivity contribution is 0.160. The van der Waals surface area contributed by atoms with Crippen LogP contribution in [0.1, 0.15) is 46.1 Å². The van der Waals surface area contributed by atoms with Crippen molar-refractivity contribution < 1.29 is 5.11 Å². The lowest BCUT2D eigenvalue weighted by Crippen LogP contribution is -2.62. The van der Waals surface area contributed by atoms with Crippen molar-refractivity contribution in [3.05, 3.63) is 29.8 Å². The molecule has 0 atom stereocenters. The van der Waals surface area contributed by atoms with E-state index in [0.29, 0.717) is 23.0 Å². The van der Waals surface area contributed by atoms with E-state index in [2.05, 4.69) is 60.1 Å². The van der Waals surface area contributed by atoms with Crippen LogP contribution in [0.4, 0.5) is 11.5 Å². The molecule has 4 N–H and O–H groups in total. The molecule has 7 nitrogen and oxygen atoms in total. The van der Waals surface area contributed by atoms with Crippen molar-refractivity contribution in [2.75, 3.05) is 24.7 Å². The van der Waals surface area contributed by atoms with Crippen LogP contribution in [0.2, 0.25) is 0 Å². The molecule has 1 aromatic carbocycles. The Bertz CT molecular complexity index is 888. The Hall–Kier alpha value is -2.67. The minimum Gasteiger partial charge on any atom is -0.507 e. The molecule has 1 aliphatic rings. The Labute approximate surface area is 173 Å². The molecule has 29 heavy (non-hydrogen) atoms. The first-order valence-electron chi connectivity index (χ1n) is 9.92. The molecule has 0 radical (unpaired) electrons. The summed E-state index contributed by atoms with van der Waals surface area (Å²) in [6.07, 6.45) is 3.71. The fourth-order valence-corrected chi connectivity index (χ4v) is 4.46. The maximum Gasteiger partial charge on any atom is 0.151 e. The van der Waals surface area contributed by atoms with Crippen LogP contribution in [0.25, 0.3) is 11.3 Å². The average Bonchev–Trinajstić information content (AvgIpc) is 2.61. The highest BCUT2D eigenvalue weighted by Gasteiger charge is 2.39. The van der Waals surface area contributed by atoms with Gasteiger partial charge in [-0.2, -0.15) is 0 Å². The fraction of sp³-hybridized carbons (Fsp3) is 0.500. The van der Waals surface area contributed by atoms with E-state index in [9.17, 15) is 5.11 Å². The second kappa shape index (κ2) is 7.63. The maximum absolute atomic E-state index is 10.3. The molecule has 0 unspecified atom stereocenters. The number of nitrogens with zero attached hydrogens (tertiary/aromatic N) is 4. The molecule has 1 aromatic heterocycles. The number of aromatic hydroxyl groups is 1. The van der Waals surface area contributed by atoms with Crippen molar-refractivity contribution in [2.24, 2.45) is 4.99 Å². The summed E-state index contributed by atoms with van der Waals surface area (Å²) in [6, 6.07) is 7.50. The largest absolute Gasteiger partial charge is 0.507 e. The summed E-state index contributed by atoms with van der Waals surface area (Å²) >= 11 is 0. The first-order chi connectivity index (χ1) is 13.5. The van der Waals surface area contributed by atoms with Gasteiger partial charge in [0.2, 0.25) is 0 Å². The number of hydrogen-bond acceptors (Lipinski definition) is 7. The van der Waals surface area contributed by atoms with E-state index in [1.807, 2.05) is 12.1 Å². The third-order valence-corrected chi connectivity index (χ3v) is 5.47. The number of phenolic OH excluding ortho intramolecular Hbond substituents is 1. The van der Waals surface area contributed by atoms with Crippen LogP contribution in [0.5, 0.6) is 5.75 Å². The van der Waals surface area contributed by atoms with Gasteiger partial charge in [0.25, 0.3) is 0 Å². The summed E-state index contributed by atoms with van der Waals surface area (Å²) in [7, 11) is 3.75. The first-order valence-corrected chi connectivity index (χ1v) is 9.92. The molecule has 0 saturated carbocycles. The average molecular weight is 397 g/mol. The minimum absolute atomic E-state index is 0.0566. The third kappa shape index (κ3) is 4.67. The number of piperidine rings is 1. The van der Waals surface area contributed by atoms with Gasteiger partial charge in [0.05, 0.1) is 5.69 Å². The lowest BCUT2D eigenvalue weighted by Gasteiger charge is -2.49. The zero-order valence-electron chi connectivity index (χ0n) is 18.2. The van der Waals surface area contributed by atoms with Crippen molar-refractivity contribution in [3.63, 3.8) is 0 Å². The monoisotopic (exact) mass is 396 g/mol. The molecule has 0 amide bonds. The Morgan fingerprint density at radius 2 is 1.83 bits per heavy atom. The minimum atomic E-state index is 0.0566. The first kappa shape index (κ1) is 21.0. The highest BCUT2D eigenvalue weighted by atomic mass is 16.3. The third-order valence-electron chi connectivity index (χ3n) is 5.47. The molecule has 0 bridgehead atoms. The van der Waals surface area contributed by atoms with Gasteiger partial charge in [-0.05, 0) is 58.7 Å². The zero-order valence-corrected chi connectivity index (χ0v) is 18.2. The van der Waals surface area contributed by atoms with Crippen LogP contribution >= 0.6 is 0 Å². The van der Waals surface area contributed by atoms with Crippen LogP contribution in [0, 0.1) is 0 Å². The summed E-state index contributed by atoms with van der Waals surface area (Å²) in [5, 5.41) is 22.9. The van der Waals surface area contributed by atoms with Gasteiger partial charge in [0, 0.05) is 60.3 Å². The number of hydrogen-bond donors (Lipinski definition) is 3. The van der Waals surface area contributed by atoms with Crippen molar-refractivity contribution >= 4 is 17.7 Å². The van der Waals surface area contributed by atoms with Crippen molar-refractivity contribution in [1.82, 2.24) is 15.5 Å². The second-order valence-electron chi connectivity index (χ2n) is 9.23. The van der Waals surface area contributed by atoms with Crippen molar-refractivity contribution in [2.45, 2.75) is 57.7 Å². The van der Waals surface area contributed by atoms with Gasteiger partial charge < -0.3 is 21.1 Å². The number of aromatic nitrogens is 2. The van der Waals surface area contributed by atoms with Crippen LogP contribution < -0.4 is 16.0 Å². The normalized spacial score (nSPS) is 18.8. The summed E-state index contributed by atoms with van der Waals surface area (Å²) in [5.74, 6) is 0.894. The van der Waals surface area contributed by atoms with E-state index >= 15 is 0 Å². The van der Waals surface area contributed by atoms with E-state index in [4.69, 9.17) is 5.73 Å². The van der Waals surface area contributed by atoms with Crippen molar-refractivity contribution in [1.29, 1.82) is 0 Å². The SMILES string of the molecule is CN=Cc1cc(-c2ccc(N(C)C3CC(C)(C)NC(C)(C)C3)nn2)c(O)cc1N. The lowest BCUT2D eigenvalue weighted by atomic mass is 9.79. The van der Waals surface area contributed by atoms with Gasteiger partial charge in [-0.25, -0.2) is 0 Å². The van der Waals surface area contributed by atoms with Gasteiger partial charge in [0.15, 0.2) is 5.82 Å². The van der Waals surface area contributed by atoms with Crippen molar-refractivity contribution in [3.8, 4) is 17.0 Å². The number of nitrogens with one attached hydrogen (secondary N) is 1.